The monoisotopic (exact) mass is 307 g/mol. The zero-order chi connectivity index (χ0) is 14.9. The van der Waals surface area contributed by atoms with Crippen molar-refractivity contribution in [2.75, 3.05) is 18.4 Å². The third-order valence-corrected chi connectivity index (χ3v) is 5.32. The van der Waals surface area contributed by atoms with Crippen LogP contribution >= 0.6 is 0 Å². The molecule has 0 amide bonds. The van der Waals surface area contributed by atoms with Crippen molar-refractivity contribution in [1.82, 2.24) is 18.8 Å². The van der Waals surface area contributed by atoms with Crippen molar-refractivity contribution in [2.45, 2.75) is 24.9 Å². The highest BCUT2D eigenvalue weighted by Gasteiger charge is 2.31. The van der Waals surface area contributed by atoms with Gasteiger partial charge in [0, 0.05) is 38.2 Å². The van der Waals surface area contributed by atoms with E-state index < -0.39 is 10.0 Å². The van der Waals surface area contributed by atoms with Crippen molar-refractivity contribution in [3.8, 4) is 0 Å². The van der Waals surface area contributed by atoms with Crippen LogP contribution in [0.1, 0.15) is 12.7 Å². The number of hydrogen-bond donors (Lipinski definition) is 1. The van der Waals surface area contributed by atoms with E-state index >= 15 is 0 Å². The zero-order valence-corrected chi connectivity index (χ0v) is 12.5. The van der Waals surface area contributed by atoms with Gasteiger partial charge in [-0.25, -0.2) is 18.4 Å². The SMILES string of the molecule is CCNc1ncccc1S(=O)(=O)N1CCn2ccnc2C1. The summed E-state index contributed by atoms with van der Waals surface area (Å²) < 4.78 is 29.1. The minimum atomic E-state index is -3.58. The molecule has 0 unspecified atom stereocenters. The van der Waals surface area contributed by atoms with Gasteiger partial charge in [0.25, 0.3) is 0 Å². The molecule has 0 radical (unpaired) electrons. The van der Waals surface area contributed by atoms with Gasteiger partial charge < -0.3 is 9.88 Å². The maximum atomic E-state index is 12.8. The van der Waals surface area contributed by atoms with Crippen LogP contribution in [0.2, 0.25) is 0 Å². The fraction of sp³-hybridized carbons (Fsp3) is 0.385. The van der Waals surface area contributed by atoms with Crippen LogP contribution in [-0.2, 0) is 23.1 Å². The summed E-state index contributed by atoms with van der Waals surface area (Å²) in [6, 6.07) is 3.22. The third-order valence-electron chi connectivity index (χ3n) is 3.44. The number of imidazole rings is 1. The molecule has 0 aliphatic carbocycles. The number of nitrogens with zero attached hydrogens (tertiary/aromatic N) is 4. The maximum absolute atomic E-state index is 12.8. The summed E-state index contributed by atoms with van der Waals surface area (Å²) in [4.78, 5) is 8.54. The molecule has 3 rings (SSSR count). The van der Waals surface area contributed by atoms with Crippen LogP contribution in [0.3, 0.4) is 0 Å². The minimum Gasteiger partial charge on any atom is -0.369 e. The van der Waals surface area contributed by atoms with E-state index in [2.05, 4.69) is 15.3 Å². The van der Waals surface area contributed by atoms with Gasteiger partial charge in [-0.3, -0.25) is 0 Å². The van der Waals surface area contributed by atoms with E-state index in [-0.39, 0.29) is 11.4 Å². The molecule has 0 fully saturated rings. The second kappa shape index (κ2) is 5.45. The number of hydrogen-bond acceptors (Lipinski definition) is 5. The lowest BCUT2D eigenvalue weighted by Crippen LogP contribution is -2.38. The molecular weight excluding hydrogens is 290 g/mol. The van der Waals surface area contributed by atoms with Crippen molar-refractivity contribution < 1.29 is 8.42 Å². The largest absolute Gasteiger partial charge is 0.369 e. The first-order valence-electron chi connectivity index (χ1n) is 6.82. The lowest BCUT2D eigenvalue weighted by Gasteiger charge is -2.27. The Labute approximate surface area is 123 Å². The first-order chi connectivity index (χ1) is 10.1. The molecule has 0 saturated heterocycles. The number of aromatic nitrogens is 3. The van der Waals surface area contributed by atoms with Gasteiger partial charge in [0.1, 0.15) is 16.5 Å². The molecule has 2 aromatic rings. The molecule has 3 heterocycles. The molecule has 1 N–H and O–H groups in total. The highest BCUT2D eigenvalue weighted by molar-refractivity contribution is 7.89. The topological polar surface area (TPSA) is 80.1 Å². The fourth-order valence-corrected chi connectivity index (χ4v) is 3.90. The average Bonchev–Trinajstić information content (AvgIpc) is 2.95. The van der Waals surface area contributed by atoms with Gasteiger partial charge in [-0.05, 0) is 19.1 Å². The Balaban J connectivity index is 1.95. The lowest BCUT2D eigenvalue weighted by atomic mass is 10.4. The highest BCUT2D eigenvalue weighted by atomic mass is 32.2. The average molecular weight is 307 g/mol. The van der Waals surface area contributed by atoms with Gasteiger partial charge >= 0.3 is 0 Å². The van der Waals surface area contributed by atoms with Crippen molar-refractivity contribution in [2.24, 2.45) is 0 Å². The fourth-order valence-electron chi connectivity index (χ4n) is 2.39. The number of sulfonamides is 1. The summed E-state index contributed by atoms with van der Waals surface area (Å²) in [6.07, 6.45) is 5.15. The van der Waals surface area contributed by atoms with Crippen LogP contribution in [0.4, 0.5) is 5.82 Å². The molecule has 2 aromatic heterocycles. The number of fused-ring (bicyclic) bond motifs is 1. The Bertz CT molecular complexity index is 741. The summed E-state index contributed by atoms with van der Waals surface area (Å²) in [5.74, 6) is 1.16. The molecule has 0 bridgehead atoms. The third kappa shape index (κ3) is 2.52. The van der Waals surface area contributed by atoms with Crippen LogP contribution in [0, 0.1) is 0 Å². The first kappa shape index (κ1) is 14.0. The van der Waals surface area contributed by atoms with Crippen LogP contribution in [-0.4, -0.2) is 40.3 Å². The van der Waals surface area contributed by atoms with Crippen LogP contribution < -0.4 is 5.32 Å². The molecule has 7 nitrogen and oxygen atoms in total. The molecule has 21 heavy (non-hydrogen) atoms. The quantitative estimate of drug-likeness (QED) is 0.908. The van der Waals surface area contributed by atoms with Crippen LogP contribution in [0.25, 0.3) is 0 Å². The summed E-state index contributed by atoms with van der Waals surface area (Å²) in [5.41, 5.74) is 0. The standard InChI is InChI=1S/C13H17N5O2S/c1-2-14-13-11(4-3-5-16-13)21(19,20)18-9-8-17-7-6-15-12(17)10-18/h3-7H,2,8-10H2,1H3,(H,14,16). The van der Waals surface area contributed by atoms with Crippen LogP contribution in [0.15, 0.2) is 35.6 Å². The molecule has 8 heteroatoms. The summed E-state index contributed by atoms with van der Waals surface area (Å²) in [6.45, 7) is 3.86. The molecule has 1 aliphatic rings. The predicted molar refractivity (Wildman–Crippen MR) is 78.2 cm³/mol. The summed E-state index contributed by atoms with van der Waals surface area (Å²) >= 11 is 0. The minimum absolute atomic E-state index is 0.215. The number of nitrogens with one attached hydrogen (secondary N) is 1. The molecule has 0 spiro atoms. The molecule has 0 saturated carbocycles. The van der Waals surface area contributed by atoms with E-state index in [4.69, 9.17) is 0 Å². The Morgan fingerprint density at radius 2 is 2.14 bits per heavy atom. The van der Waals surface area contributed by atoms with Crippen LogP contribution in [0.5, 0.6) is 0 Å². The van der Waals surface area contributed by atoms with Crippen molar-refractivity contribution in [3.05, 3.63) is 36.5 Å². The van der Waals surface area contributed by atoms with Gasteiger partial charge in [0.15, 0.2) is 0 Å². The van der Waals surface area contributed by atoms with E-state index in [0.717, 1.165) is 5.82 Å². The van der Waals surface area contributed by atoms with E-state index in [1.54, 1.807) is 24.5 Å². The van der Waals surface area contributed by atoms with Gasteiger partial charge in [0.05, 0.1) is 6.54 Å². The first-order valence-corrected chi connectivity index (χ1v) is 8.26. The Hall–Kier alpha value is -1.93. The lowest BCUT2D eigenvalue weighted by molar-refractivity contribution is 0.335. The van der Waals surface area contributed by atoms with Crippen molar-refractivity contribution in [3.63, 3.8) is 0 Å². The van der Waals surface area contributed by atoms with E-state index in [9.17, 15) is 8.42 Å². The second-order valence-electron chi connectivity index (χ2n) is 4.76. The van der Waals surface area contributed by atoms with E-state index in [1.165, 1.54) is 4.31 Å². The number of anilines is 1. The normalized spacial score (nSPS) is 15.7. The summed E-state index contributed by atoms with van der Waals surface area (Å²) in [5, 5.41) is 3.00. The van der Waals surface area contributed by atoms with Gasteiger partial charge in [-0.2, -0.15) is 4.31 Å². The number of rotatable bonds is 4. The van der Waals surface area contributed by atoms with E-state index in [1.807, 2.05) is 17.7 Å². The molecule has 0 aromatic carbocycles. The highest BCUT2D eigenvalue weighted by Crippen LogP contribution is 2.25. The Kier molecular flexibility index (Phi) is 3.64. The van der Waals surface area contributed by atoms with Gasteiger partial charge in [0.2, 0.25) is 10.0 Å². The smallest absolute Gasteiger partial charge is 0.247 e. The van der Waals surface area contributed by atoms with E-state index in [0.29, 0.717) is 25.5 Å². The molecule has 112 valence electrons. The van der Waals surface area contributed by atoms with Crippen molar-refractivity contribution in [1.29, 1.82) is 0 Å². The van der Waals surface area contributed by atoms with Crippen molar-refractivity contribution >= 4 is 15.8 Å². The second-order valence-corrected chi connectivity index (χ2v) is 6.66. The number of pyridine rings is 1. The molecular formula is C13H17N5O2S. The maximum Gasteiger partial charge on any atom is 0.247 e. The molecule has 1 aliphatic heterocycles. The molecule has 0 atom stereocenters. The van der Waals surface area contributed by atoms with Gasteiger partial charge in [-0.1, -0.05) is 0 Å². The zero-order valence-electron chi connectivity index (χ0n) is 11.7. The predicted octanol–water partition coefficient (Wildman–Crippen LogP) is 0.914. The Morgan fingerprint density at radius 3 is 2.95 bits per heavy atom. The Morgan fingerprint density at radius 1 is 1.29 bits per heavy atom. The summed E-state index contributed by atoms with van der Waals surface area (Å²) in [7, 11) is -3.58. The van der Waals surface area contributed by atoms with Gasteiger partial charge in [-0.15, -0.1) is 0 Å².